The highest BCUT2D eigenvalue weighted by Gasteiger charge is 2.14. The summed E-state index contributed by atoms with van der Waals surface area (Å²) in [4.78, 5) is 4.91. The summed E-state index contributed by atoms with van der Waals surface area (Å²) >= 11 is 4.94. The molecule has 0 atom stereocenters. The fourth-order valence-electron chi connectivity index (χ4n) is 2.35. The molecule has 1 heterocycles. The second-order valence-electron chi connectivity index (χ2n) is 5.10. The van der Waals surface area contributed by atoms with E-state index in [4.69, 9.17) is 18.0 Å². The van der Waals surface area contributed by atoms with Gasteiger partial charge in [-0.3, -0.25) is 4.90 Å². The van der Waals surface area contributed by atoms with E-state index in [0.717, 1.165) is 38.2 Å². The quantitative estimate of drug-likeness (QED) is 0.853. The van der Waals surface area contributed by atoms with Crippen molar-refractivity contribution in [3.05, 3.63) is 35.1 Å². The van der Waals surface area contributed by atoms with E-state index in [0.29, 0.717) is 17.1 Å². The van der Waals surface area contributed by atoms with Crippen molar-refractivity contribution in [2.24, 2.45) is 5.73 Å². The van der Waals surface area contributed by atoms with E-state index in [1.165, 1.54) is 6.07 Å². The minimum Gasteiger partial charge on any atom is -0.389 e. The first-order valence-corrected chi connectivity index (χ1v) is 6.96. The Morgan fingerprint density at radius 1 is 1.32 bits per heavy atom. The zero-order valence-electron chi connectivity index (χ0n) is 11.2. The molecule has 104 valence electrons. The maximum absolute atomic E-state index is 13.8. The van der Waals surface area contributed by atoms with Gasteiger partial charge in [0.1, 0.15) is 10.8 Å². The molecule has 5 heteroatoms. The smallest absolute Gasteiger partial charge is 0.127 e. The molecule has 0 amide bonds. The van der Waals surface area contributed by atoms with Gasteiger partial charge in [0.15, 0.2) is 0 Å². The first-order chi connectivity index (χ1) is 9.06. The zero-order chi connectivity index (χ0) is 13.8. The third-order valence-electron chi connectivity index (χ3n) is 3.54. The summed E-state index contributed by atoms with van der Waals surface area (Å²) in [6.45, 7) is 4.72. The Kier molecular flexibility index (Phi) is 4.85. The van der Waals surface area contributed by atoms with Gasteiger partial charge >= 0.3 is 0 Å². The lowest BCUT2D eigenvalue weighted by atomic mass is 10.1. The number of likely N-dealkylation sites (N-methyl/N-ethyl adjacent to an activating group) is 1. The number of benzene rings is 1. The highest BCUT2D eigenvalue weighted by molar-refractivity contribution is 7.80. The minimum atomic E-state index is -0.183. The van der Waals surface area contributed by atoms with E-state index in [2.05, 4.69) is 16.8 Å². The molecule has 1 fully saturated rings. The summed E-state index contributed by atoms with van der Waals surface area (Å²) < 4.78 is 13.8. The number of nitrogens with two attached hydrogens (primary N) is 1. The highest BCUT2D eigenvalue weighted by atomic mass is 32.1. The normalized spacial score (nSPS) is 18.2. The van der Waals surface area contributed by atoms with E-state index in [-0.39, 0.29) is 5.82 Å². The Bertz CT molecular complexity index is 464. The van der Waals surface area contributed by atoms with E-state index < -0.39 is 0 Å². The van der Waals surface area contributed by atoms with Gasteiger partial charge in [-0.2, -0.15) is 0 Å². The molecular weight excluding hydrogens is 261 g/mol. The van der Waals surface area contributed by atoms with E-state index in [9.17, 15) is 4.39 Å². The van der Waals surface area contributed by atoms with Crippen LogP contribution in [0.4, 0.5) is 4.39 Å². The van der Waals surface area contributed by atoms with Crippen LogP contribution in [0.3, 0.4) is 0 Å². The minimum absolute atomic E-state index is 0.183. The van der Waals surface area contributed by atoms with Gasteiger partial charge < -0.3 is 10.6 Å². The number of hydrogen-bond donors (Lipinski definition) is 1. The van der Waals surface area contributed by atoms with Crippen molar-refractivity contribution in [3.8, 4) is 0 Å². The van der Waals surface area contributed by atoms with Crippen LogP contribution in [-0.4, -0.2) is 48.0 Å². The lowest BCUT2D eigenvalue weighted by molar-refractivity contribution is 0.266. The van der Waals surface area contributed by atoms with Crippen molar-refractivity contribution in [3.63, 3.8) is 0 Å². The Morgan fingerprint density at radius 3 is 2.84 bits per heavy atom. The number of hydrogen-bond acceptors (Lipinski definition) is 3. The fraction of sp³-hybridized carbons (Fsp3) is 0.500. The predicted molar refractivity (Wildman–Crippen MR) is 79.7 cm³/mol. The molecule has 0 bridgehead atoms. The van der Waals surface area contributed by atoms with Crippen molar-refractivity contribution >= 4 is 17.2 Å². The molecule has 1 aliphatic rings. The zero-order valence-corrected chi connectivity index (χ0v) is 12.0. The number of thiocarbonyl (C=S) groups is 1. The van der Waals surface area contributed by atoms with Gasteiger partial charge in [0.25, 0.3) is 0 Å². The summed E-state index contributed by atoms with van der Waals surface area (Å²) in [6, 6.07) is 4.86. The van der Waals surface area contributed by atoms with Gasteiger partial charge in [-0.15, -0.1) is 0 Å². The molecule has 1 aromatic rings. The summed E-state index contributed by atoms with van der Waals surface area (Å²) in [5, 5.41) is 0. The van der Waals surface area contributed by atoms with Crippen LogP contribution < -0.4 is 5.73 Å². The number of rotatable bonds is 3. The Hall–Kier alpha value is -1.04. The van der Waals surface area contributed by atoms with Gasteiger partial charge in [-0.1, -0.05) is 12.2 Å². The predicted octanol–water partition coefficient (Wildman–Crippen LogP) is 1.60. The number of halogens is 1. The first kappa shape index (κ1) is 14.4. The van der Waals surface area contributed by atoms with Crippen molar-refractivity contribution in [2.75, 3.05) is 33.2 Å². The second kappa shape index (κ2) is 6.41. The van der Waals surface area contributed by atoms with Crippen LogP contribution in [0, 0.1) is 5.82 Å². The first-order valence-electron chi connectivity index (χ1n) is 6.55. The van der Waals surface area contributed by atoms with E-state index in [1.54, 1.807) is 12.1 Å². The summed E-state index contributed by atoms with van der Waals surface area (Å²) in [5.41, 5.74) is 7.01. The van der Waals surface area contributed by atoms with E-state index in [1.807, 2.05) is 0 Å². The largest absolute Gasteiger partial charge is 0.389 e. The molecule has 0 spiro atoms. The molecule has 1 aliphatic heterocycles. The highest BCUT2D eigenvalue weighted by Crippen LogP contribution is 2.14. The topological polar surface area (TPSA) is 32.5 Å². The van der Waals surface area contributed by atoms with Crippen LogP contribution in [0.2, 0.25) is 0 Å². The van der Waals surface area contributed by atoms with Crippen molar-refractivity contribution in [2.45, 2.75) is 13.0 Å². The molecule has 0 unspecified atom stereocenters. The third kappa shape index (κ3) is 3.96. The molecule has 0 saturated carbocycles. The Morgan fingerprint density at radius 2 is 2.11 bits per heavy atom. The summed E-state index contributed by atoms with van der Waals surface area (Å²) in [5.74, 6) is -0.183. The van der Waals surface area contributed by atoms with Gasteiger partial charge in [0.05, 0.1) is 0 Å². The van der Waals surface area contributed by atoms with E-state index >= 15 is 0 Å². The van der Waals surface area contributed by atoms with Crippen LogP contribution in [0.15, 0.2) is 18.2 Å². The van der Waals surface area contributed by atoms with Crippen LogP contribution in [0.5, 0.6) is 0 Å². The van der Waals surface area contributed by atoms with Crippen molar-refractivity contribution in [1.29, 1.82) is 0 Å². The summed E-state index contributed by atoms with van der Waals surface area (Å²) in [6.07, 6.45) is 1.12. The van der Waals surface area contributed by atoms with Crippen LogP contribution >= 0.6 is 12.2 Å². The van der Waals surface area contributed by atoms with Crippen LogP contribution in [0.1, 0.15) is 17.5 Å². The molecule has 3 nitrogen and oxygen atoms in total. The SMILES string of the molecule is CN1CCCN(Cc2cc(C(N)=S)ccc2F)CC1. The molecule has 1 aromatic carbocycles. The standard InChI is InChI=1S/C14H20FN3S/c1-17-5-2-6-18(8-7-17)10-12-9-11(14(16)19)3-4-13(12)15/h3-4,9H,2,5-8,10H2,1H3,(H2,16,19). The molecule has 2 rings (SSSR count). The van der Waals surface area contributed by atoms with Crippen LogP contribution in [-0.2, 0) is 6.54 Å². The van der Waals surface area contributed by atoms with Gasteiger partial charge in [-0.25, -0.2) is 4.39 Å². The fourth-order valence-corrected chi connectivity index (χ4v) is 2.48. The van der Waals surface area contributed by atoms with Crippen molar-refractivity contribution in [1.82, 2.24) is 9.80 Å². The average Bonchev–Trinajstić information content (AvgIpc) is 2.57. The van der Waals surface area contributed by atoms with Crippen LogP contribution in [0.25, 0.3) is 0 Å². The Balaban J connectivity index is 2.09. The second-order valence-corrected chi connectivity index (χ2v) is 5.54. The maximum Gasteiger partial charge on any atom is 0.127 e. The molecule has 0 radical (unpaired) electrons. The molecular formula is C14H20FN3S. The number of nitrogens with zero attached hydrogens (tertiary/aromatic N) is 2. The lowest BCUT2D eigenvalue weighted by Gasteiger charge is -2.20. The van der Waals surface area contributed by atoms with Gasteiger partial charge in [-0.05, 0) is 44.8 Å². The Labute approximate surface area is 119 Å². The summed E-state index contributed by atoms with van der Waals surface area (Å²) in [7, 11) is 2.12. The maximum atomic E-state index is 13.8. The third-order valence-corrected chi connectivity index (χ3v) is 3.77. The van der Waals surface area contributed by atoms with Gasteiger partial charge in [0.2, 0.25) is 0 Å². The van der Waals surface area contributed by atoms with Gasteiger partial charge in [0, 0.05) is 30.8 Å². The molecule has 0 aliphatic carbocycles. The lowest BCUT2D eigenvalue weighted by Crippen LogP contribution is -2.29. The molecule has 19 heavy (non-hydrogen) atoms. The molecule has 2 N–H and O–H groups in total. The molecule has 1 saturated heterocycles. The molecule has 0 aromatic heterocycles. The monoisotopic (exact) mass is 281 g/mol. The average molecular weight is 281 g/mol. The van der Waals surface area contributed by atoms with Crippen molar-refractivity contribution < 1.29 is 4.39 Å².